The van der Waals surface area contributed by atoms with Gasteiger partial charge in [-0.15, -0.1) is 0 Å². The van der Waals surface area contributed by atoms with E-state index in [-0.39, 0.29) is 5.91 Å². The van der Waals surface area contributed by atoms with Gasteiger partial charge in [0, 0.05) is 17.3 Å². The molecule has 20 heavy (non-hydrogen) atoms. The lowest BCUT2D eigenvalue weighted by Gasteiger charge is -2.15. The van der Waals surface area contributed by atoms with Crippen LogP contribution in [0.3, 0.4) is 0 Å². The van der Waals surface area contributed by atoms with E-state index in [1.807, 2.05) is 19.1 Å². The minimum Gasteiger partial charge on any atom is -0.325 e. The average molecular weight is 293 g/mol. The molecule has 108 valence electrons. The molecule has 1 aromatic carbocycles. The normalized spacial score (nSPS) is 19.7. The fourth-order valence-electron chi connectivity index (χ4n) is 2.93. The van der Waals surface area contributed by atoms with Crippen molar-refractivity contribution in [2.24, 2.45) is 11.3 Å². The monoisotopic (exact) mass is 292 g/mol. The van der Waals surface area contributed by atoms with E-state index in [0.29, 0.717) is 17.0 Å². The second-order valence-electron chi connectivity index (χ2n) is 6.25. The lowest BCUT2D eigenvalue weighted by Crippen LogP contribution is -2.33. The summed E-state index contributed by atoms with van der Waals surface area (Å²) in [5.74, 6) is 0.926. The minimum atomic E-state index is 0.00182. The molecule has 4 heteroatoms. The number of anilines is 1. The van der Waals surface area contributed by atoms with Gasteiger partial charge in [-0.05, 0) is 61.6 Å². The summed E-state index contributed by atoms with van der Waals surface area (Å²) in [6.45, 7) is 3.33. The Bertz CT molecular complexity index is 521. The van der Waals surface area contributed by atoms with Gasteiger partial charge in [0.1, 0.15) is 0 Å². The quantitative estimate of drug-likeness (QED) is 0.844. The average Bonchev–Trinajstić information content (AvgIpc) is 3.25. The third-order valence-electron chi connectivity index (χ3n) is 4.57. The molecule has 2 aliphatic carbocycles. The van der Waals surface area contributed by atoms with E-state index in [9.17, 15) is 4.79 Å². The van der Waals surface area contributed by atoms with Gasteiger partial charge in [0.05, 0.1) is 6.54 Å². The van der Waals surface area contributed by atoms with Crippen LogP contribution in [-0.2, 0) is 4.79 Å². The van der Waals surface area contributed by atoms with Crippen molar-refractivity contribution in [2.75, 3.05) is 18.4 Å². The standard InChI is InChI=1S/C16H21ClN2O/c1-11-2-5-13(17)8-14(11)19-15(20)9-18-10-16(6-7-16)12-3-4-12/h2,5,8,12,18H,3-4,6-7,9-10H2,1H3,(H,19,20). The largest absolute Gasteiger partial charge is 0.325 e. The van der Waals surface area contributed by atoms with E-state index >= 15 is 0 Å². The van der Waals surface area contributed by atoms with Crippen LogP contribution in [0.4, 0.5) is 5.69 Å². The highest BCUT2D eigenvalue weighted by atomic mass is 35.5. The number of hydrogen-bond acceptors (Lipinski definition) is 2. The number of aryl methyl sites for hydroxylation is 1. The van der Waals surface area contributed by atoms with Crippen molar-refractivity contribution < 1.29 is 4.79 Å². The van der Waals surface area contributed by atoms with Crippen LogP contribution in [-0.4, -0.2) is 19.0 Å². The third-order valence-corrected chi connectivity index (χ3v) is 4.81. The number of hydrogen-bond donors (Lipinski definition) is 2. The van der Waals surface area contributed by atoms with Crippen LogP contribution >= 0.6 is 11.6 Å². The Morgan fingerprint density at radius 2 is 2.15 bits per heavy atom. The SMILES string of the molecule is Cc1ccc(Cl)cc1NC(=O)CNCC1(C2CC2)CC1. The topological polar surface area (TPSA) is 41.1 Å². The molecule has 0 bridgehead atoms. The molecule has 2 N–H and O–H groups in total. The first-order valence-corrected chi connectivity index (χ1v) is 7.74. The highest BCUT2D eigenvalue weighted by Crippen LogP contribution is 2.60. The van der Waals surface area contributed by atoms with E-state index in [0.717, 1.165) is 23.7 Å². The number of amides is 1. The van der Waals surface area contributed by atoms with E-state index in [4.69, 9.17) is 11.6 Å². The predicted octanol–water partition coefficient (Wildman–Crippen LogP) is 3.37. The van der Waals surface area contributed by atoms with Crippen LogP contribution in [0.15, 0.2) is 18.2 Å². The molecule has 2 fully saturated rings. The zero-order valence-electron chi connectivity index (χ0n) is 11.8. The number of benzene rings is 1. The zero-order chi connectivity index (χ0) is 14.2. The maximum Gasteiger partial charge on any atom is 0.238 e. The molecule has 1 amide bonds. The molecule has 0 unspecified atom stereocenters. The summed E-state index contributed by atoms with van der Waals surface area (Å²) in [5, 5.41) is 6.88. The molecule has 0 radical (unpaired) electrons. The van der Waals surface area contributed by atoms with Gasteiger partial charge in [0.2, 0.25) is 5.91 Å². The van der Waals surface area contributed by atoms with Crippen molar-refractivity contribution in [3.05, 3.63) is 28.8 Å². The van der Waals surface area contributed by atoms with Crippen LogP contribution in [0.5, 0.6) is 0 Å². The van der Waals surface area contributed by atoms with E-state index in [2.05, 4.69) is 10.6 Å². The lowest BCUT2D eigenvalue weighted by atomic mass is 10.0. The predicted molar refractivity (Wildman–Crippen MR) is 82.1 cm³/mol. The first-order chi connectivity index (χ1) is 9.59. The van der Waals surface area contributed by atoms with Gasteiger partial charge >= 0.3 is 0 Å². The molecule has 3 nitrogen and oxygen atoms in total. The van der Waals surface area contributed by atoms with Crippen molar-refractivity contribution in [2.45, 2.75) is 32.6 Å². The summed E-state index contributed by atoms with van der Waals surface area (Å²) in [6.07, 6.45) is 5.44. The molecule has 0 spiro atoms. The van der Waals surface area contributed by atoms with Crippen molar-refractivity contribution in [1.29, 1.82) is 0 Å². The van der Waals surface area contributed by atoms with E-state index < -0.39 is 0 Å². The van der Waals surface area contributed by atoms with Gasteiger partial charge in [-0.2, -0.15) is 0 Å². The third kappa shape index (κ3) is 3.15. The van der Waals surface area contributed by atoms with Crippen molar-refractivity contribution in [1.82, 2.24) is 5.32 Å². The second kappa shape index (κ2) is 5.38. The fraction of sp³-hybridized carbons (Fsp3) is 0.562. The first-order valence-electron chi connectivity index (χ1n) is 7.36. The Kier molecular flexibility index (Phi) is 3.74. The Labute approximate surface area is 125 Å². The maximum atomic E-state index is 12.0. The second-order valence-corrected chi connectivity index (χ2v) is 6.68. The Hall–Kier alpha value is -1.06. The molecule has 0 aliphatic heterocycles. The summed E-state index contributed by atoms with van der Waals surface area (Å²) in [6, 6.07) is 5.54. The minimum absolute atomic E-state index is 0.00182. The molecule has 0 atom stereocenters. The smallest absolute Gasteiger partial charge is 0.238 e. The molecule has 2 saturated carbocycles. The van der Waals surface area contributed by atoms with Gasteiger partial charge in [-0.1, -0.05) is 17.7 Å². The molecule has 0 heterocycles. The number of carbonyl (C=O) groups is 1. The molecular formula is C16H21ClN2O. The van der Waals surface area contributed by atoms with Crippen molar-refractivity contribution in [3.8, 4) is 0 Å². The highest BCUT2D eigenvalue weighted by molar-refractivity contribution is 6.31. The summed E-state index contributed by atoms with van der Waals surface area (Å²) < 4.78 is 0. The van der Waals surface area contributed by atoms with Crippen LogP contribution in [0.1, 0.15) is 31.2 Å². The summed E-state index contributed by atoms with van der Waals surface area (Å²) in [4.78, 5) is 12.0. The number of rotatable bonds is 6. The molecular weight excluding hydrogens is 272 g/mol. The van der Waals surface area contributed by atoms with Crippen molar-refractivity contribution in [3.63, 3.8) is 0 Å². The zero-order valence-corrected chi connectivity index (χ0v) is 12.6. The van der Waals surface area contributed by atoms with Gasteiger partial charge in [-0.25, -0.2) is 0 Å². The fourth-order valence-corrected chi connectivity index (χ4v) is 3.11. The van der Waals surface area contributed by atoms with E-state index in [1.165, 1.54) is 25.7 Å². The molecule has 0 saturated heterocycles. The van der Waals surface area contributed by atoms with Crippen LogP contribution < -0.4 is 10.6 Å². The summed E-state index contributed by atoms with van der Waals surface area (Å²) in [7, 11) is 0. The van der Waals surface area contributed by atoms with Gasteiger partial charge < -0.3 is 10.6 Å². The van der Waals surface area contributed by atoms with Crippen molar-refractivity contribution >= 4 is 23.2 Å². The van der Waals surface area contributed by atoms with Gasteiger partial charge in [0.15, 0.2) is 0 Å². The highest BCUT2D eigenvalue weighted by Gasteiger charge is 2.53. The van der Waals surface area contributed by atoms with Gasteiger partial charge in [-0.3, -0.25) is 4.79 Å². The lowest BCUT2D eigenvalue weighted by molar-refractivity contribution is -0.115. The molecule has 0 aromatic heterocycles. The molecule has 3 rings (SSSR count). The molecule has 1 aromatic rings. The maximum absolute atomic E-state index is 12.0. The number of nitrogens with one attached hydrogen (secondary N) is 2. The van der Waals surface area contributed by atoms with E-state index in [1.54, 1.807) is 6.07 Å². The van der Waals surface area contributed by atoms with Crippen LogP contribution in [0.2, 0.25) is 5.02 Å². The van der Waals surface area contributed by atoms with Crippen LogP contribution in [0, 0.1) is 18.3 Å². The summed E-state index contributed by atoms with van der Waals surface area (Å²) >= 11 is 5.95. The Balaban J connectivity index is 1.46. The Morgan fingerprint density at radius 1 is 1.40 bits per heavy atom. The van der Waals surface area contributed by atoms with Crippen LogP contribution in [0.25, 0.3) is 0 Å². The molecule has 2 aliphatic rings. The Morgan fingerprint density at radius 3 is 2.80 bits per heavy atom. The summed E-state index contributed by atoms with van der Waals surface area (Å²) in [5.41, 5.74) is 2.36. The number of carbonyl (C=O) groups excluding carboxylic acids is 1. The number of halogens is 1. The first kappa shape index (κ1) is 13.9. The van der Waals surface area contributed by atoms with Gasteiger partial charge in [0.25, 0.3) is 0 Å².